The molecule has 0 radical (unpaired) electrons. The Kier molecular flexibility index (Phi) is 37.1. The number of anilines is 1. The van der Waals surface area contributed by atoms with Crippen molar-refractivity contribution in [1.82, 2.24) is 30.8 Å². The minimum absolute atomic E-state index is 0. The zero-order valence-electron chi connectivity index (χ0n) is 39.1. The van der Waals surface area contributed by atoms with Gasteiger partial charge in [-0.1, -0.05) is 13.8 Å². The number of carbonyl (C=O) groups is 3. The Bertz CT molecular complexity index is 1670. The van der Waals surface area contributed by atoms with E-state index in [-0.39, 0.29) is 71.4 Å². The van der Waals surface area contributed by atoms with E-state index in [1.165, 1.54) is 6.07 Å². The van der Waals surface area contributed by atoms with Crippen molar-refractivity contribution in [3.05, 3.63) is 22.7 Å². The fraction of sp³-hybridized carbons (Fsp3) is 0.811. The molecule has 372 valence electrons. The van der Waals surface area contributed by atoms with Gasteiger partial charge in [0.05, 0.1) is 13.2 Å². The van der Waals surface area contributed by atoms with E-state index in [2.05, 4.69) is 39.6 Å². The van der Waals surface area contributed by atoms with Crippen molar-refractivity contribution in [3.8, 4) is 0 Å². The summed E-state index contributed by atoms with van der Waals surface area (Å²) in [5.41, 5.74) is 4.45. The number of rotatable bonds is 27. The van der Waals surface area contributed by atoms with Gasteiger partial charge in [-0.05, 0) is 85.4 Å². The number of nitrogen functional groups attached to an aromatic ring is 1. The molecule has 11 atom stereocenters. The van der Waals surface area contributed by atoms with E-state index in [0.29, 0.717) is 43.8 Å². The number of phosphoric ester groups is 2. The summed E-state index contributed by atoms with van der Waals surface area (Å²) in [7, 11) is -6.23. The molecule has 2 saturated heterocycles. The fourth-order valence-electron chi connectivity index (χ4n) is 5.95. The van der Waals surface area contributed by atoms with E-state index in [0.717, 1.165) is 62.4 Å². The summed E-state index contributed by atoms with van der Waals surface area (Å²) >= 11 is 0. The first kappa shape index (κ1) is 67.4. The van der Waals surface area contributed by atoms with Crippen LogP contribution in [-0.2, 0) is 46.3 Å². The van der Waals surface area contributed by atoms with Gasteiger partial charge in [0, 0.05) is 38.3 Å². The quantitative estimate of drug-likeness (QED) is 0.0222. The van der Waals surface area contributed by atoms with E-state index >= 15 is 0 Å². The second-order valence-corrected chi connectivity index (χ2v) is 17.6. The van der Waals surface area contributed by atoms with Gasteiger partial charge in [-0.15, -0.1) is 0 Å². The molecule has 1 amide bonds. The molecule has 1 aromatic rings. The van der Waals surface area contributed by atoms with Gasteiger partial charge in [0.2, 0.25) is 5.91 Å². The Morgan fingerprint density at radius 1 is 0.788 bits per heavy atom. The van der Waals surface area contributed by atoms with Crippen molar-refractivity contribution in [2.45, 2.75) is 140 Å². The average Bonchev–Trinajstić information content (AvgIpc) is 3.53. The molecule has 11 N–H and O–H groups in total. The van der Waals surface area contributed by atoms with Crippen molar-refractivity contribution in [3.63, 3.8) is 0 Å². The van der Waals surface area contributed by atoms with Gasteiger partial charge >= 0.3 is 64.8 Å². The van der Waals surface area contributed by atoms with Gasteiger partial charge in [-0.2, -0.15) is 4.98 Å². The number of aliphatic hydroxyl groups is 5. The number of aromatic nitrogens is 2. The van der Waals surface area contributed by atoms with Crippen molar-refractivity contribution >= 4 is 38.9 Å². The van der Waals surface area contributed by atoms with Crippen molar-refractivity contribution in [2.24, 2.45) is 0 Å². The Balaban J connectivity index is 0. The van der Waals surface area contributed by atoms with Gasteiger partial charge in [0.25, 0.3) is 15.6 Å². The number of nitrogens with zero attached hydrogens (tertiary/aromatic N) is 2. The molecular formula is C37H69N7Na2O18P2. The first-order valence-corrected chi connectivity index (χ1v) is 24.0. The summed E-state index contributed by atoms with van der Waals surface area (Å²) < 4.78 is 49.3. The van der Waals surface area contributed by atoms with Crippen molar-refractivity contribution in [1.29, 1.82) is 0 Å². The Morgan fingerprint density at radius 2 is 1.29 bits per heavy atom. The number of ketones is 2. The molecule has 8 unspecified atom stereocenters. The average molecular weight is 1010 g/mol. The molecule has 0 spiro atoms. The summed E-state index contributed by atoms with van der Waals surface area (Å²) in [4.78, 5) is 74.3. The minimum atomic E-state index is -5.96. The summed E-state index contributed by atoms with van der Waals surface area (Å²) in [5, 5.41) is 61.8. The van der Waals surface area contributed by atoms with E-state index < -0.39 is 95.6 Å². The predicted molar refractivity (Wildman–Crippen MR) is 226 cm³/mol. The van der Waals surface area contributed by atoms with Crippen molar-refractivity contribution < 1.29 is 141 Å². The minimum Gasteiger partial charge on any atom is -0.756 e. The second-order valence-electron chi connectivity index (χ2n) is 14.7. The molecule has 0 bridgehead atoms. The zero-order valence-corrected chi connectivity index (χ0v) is 44.9. The van der Waals surface area contributed by atoms with Crippen LogP contribution in [0.25, 0.3) is 0 Å². The largest absolute Gasteiger partial charge is 1.00 e. The third-order valence-corrected chi connectivity index (χ3v) is 12.2. The third kappa shape index (κ3) is 26.0. The molecule has 3 heterocycles. The number of unbranched alkanes of at least 4 members (excludes halogenated alkanes) is 3. The van der Waals surface area contributed by atoms with Crippen LogP contribution in [0.3, 0.4) is 0 Å². The van der Waals surface area contributed by atoms with E-state index in [1.54, 1.807) is 7.05 Å². The molecule has 29 heteroatoms. The molecular weight excluding hydrogens is 938 g/mol. The second kappa shape index (κ2) is 36.3. The van der Waals surface area contributed by atoms with Crippen LogP contribution in [0.1, 0.15) is 90.7 Å². The first-order chi connectivity index (χ1) is 30.2. The number of hydrogen-bond acceptors (Lipinski definition) is 23. The number of ether oxygens (including phenoxy) is 2. The van der Waals surface area contributed by atoms with Gasteiger partial charge in [0.15, 0.2) is 12.5 Å². The number of carbonyl (C=O) groups excluding carboxylic acids is 3. The number of nitrogens with one attached hydrogen (secondary N) is 4. The zero-order chi connectivity index (χ0) is 48.5. The molecule has 2 fully saturated rings. The number of nitrogens with two attached hydrogens (primary N) is 1. The molecule has 0 aliphatic carbocycles. The SMILES string of the molecule is CCC(=O)CCCCNC.CCC(=O)CCCCNC.CNCCCCC(=O)NC1[C@@H](OP(=O)([O-])OP(=O)([O-])OCC2OC(n3ccc(N)nc3=O)C(O)C2O)OC(CO)[C@H](O)[C@@H]1O.[Na+].[Na+]. The van der Waals surface area contributed by atoms with Crippen LogP contribution in [-0.4, -0.2) is 156 Å². The summed E-state index contributed by atoms with van der Waals surface area (Å²) in [6, 6.07) is -0.562. The topological polar surface area (TPSA) is 388 Å². The number of phosphoric acid groups is 2. The number of Topliss-reactive ketones (excluding diaryl/α,β-unsaturated/α-hetero) is 2. The first-order valence-electron chi connectivity index (χ1n) is 21.1. The summed E-state index contributed by atoms with van der Waals surface area (Å²) in [6.07, 6.45) is -5.00. The fourth-order valence-corrected chi connectivity index (χ4v) is 8.03. The number of hydrogen-bond donors (Lipinski definition) is 10. The van der Waals surface area contributed by atoms with E-state index in [4.69, 9.17) is 15.2 Å². The van der Waals surface area contributed by atoms with E-state index in [1.807, 2.05) is 27.9 Å². The van der Waals surface area contributed by atoms with Gasteiger partial charge in [-0.3, -0.25) is 32.6 Å². The maximum atomic E-state index is 12.5. The van der Waals surface area contributed by atoms with Crippen LogP contribution in [0.4, 0.5) is 5.82 Å². The van der Waals surface area contributed by atoms with Crippen LogP contribution >= 0.6 is 15.6 Å². The third-order valence-electron chi connectivity index (χ3n) is 9.64. The van der Waals surface area contributed by atoms with E-state index in [9.17, 15) is 63.6 Å². The summed E-state index contributed by atoms with van der Waals surface area (Å²) in [6.45, 7) is 4.46. The molecule has 66 heavy (non-hydrogen) atoms. The smallest absolute Gasteiger partial charge is 0.756 e. The van der Waals surface area contributed by atoms with Crippen LogP contribution < -0.4 is 102 Å². The summed E-state index contributed by atoms with van der Waals surface area (Å²) in [5.74, 6) is -0.0609. The maximum Gasteiger partial charge on any atom is 1.00 e. The Hall–Kier alpha value is -0.650. The molecule has 0 aromatic carbocycles. The van der Waals surface area contributed by atoms with Crippen LogP contribution in [0.2, 0.25) is 0 Å². The van der Waals surface area contributed by atoms with Gasteiger partial charge in [-0.25, -0.2) is 9.11 Å². The maximum absolute atomic E-state index is 12.5. The number of aliphatic hydroxyl groups excluding tert-OH is 5. The Morgan fingerprint density at radius 3 is 1.76 bits per heavy atom. The van der Waals surface area contributed by atoms with Crippen LogP contribution in [0.5, 0.6) is 0 Å². The van der Waals surface area contributed by atoms with Gasteiger partial charge in [0.1, 0.15) is 60.0 Å². The molecule has 2 aliphatic rings. The van der Waals surface area contributed by atoms with Crippen LogP contribution in [0.15, 0.2) is 17.1 Å². The number of amides is 1. The monoisotopic (exact) mass is 1010 g/mol. The molecule has 0 saturated carbocycles. The predicted octanol–water partition coefficient (Wildman–Crippen LogP) is -8.54. The normalized spacial score (nSPS) is 25.2. The molecule has 2 aliphatic heterocycles. The van der Waals surface area contributed by atoms with Crippen LogP contribution in [0, 0.1) is 0 Å². The van der Waals surface area contributed by atoms with Gasteiger partial charge < -0.3 is 76.3 Å². The molecule has 25 nitrogen and oxygen atoms in total. The molecule has 1 aromatic heterocycles. The standard InChI is InChI=1S/C21H37N5O16P2.2C8H17NO.2Na/c1-23-6-3-2-4-13(28)25-14-17(31)15(29)10(8-27)40-20(14)41-44(36,37)42-43(34,35)38-9-11-16(30)18(32)19(39-11)26-7-5-12(22)24-21(26)33;2*1-3-8(10)6-4-5-7-9-2;;/h5,7,10-11,14-20,23,27,29-32H,2-4,6,8-9H2,1H3,(H,25,28)(H,34,35)(H,36,37)(H2,22,24,33);2*9H,3-7H2,1-2H3;;/q;;;2*+1/p-2/t10?,11?,14?,15-,16?,17+,18?,19?,20+;;;;/m0..../s1. The molecule has 3 rings (SSSR count). The van der Waals surface area contributed by atoms with Crippen molar-refractivity contribution in [2.75, 3.05) is 59.7 Å². The Labute approximate surface area is 429 Å².